The molecule has 2 aromatic rings. The summed E-state index contributed by atoms with van der Waals surface area (Å²) in [6.45, 7) is 7.76. The highest BCUT2D eigenvalue weighted by Crippen LogP contribution is 2.25. The lowest BCUT2D eigenvalue weighted by Gasteiger charge is -2.35. The molecule has 1 amide bonds. The normalized spacial score (nSPS) is 17.0. The SMILES string of the molecule is CC(C)(C)N(C[C@H]1CCN(c2ccc(-n3ccc(O)cc3=O)cn2)C1)C(=O)O. The van der Waals surface area contributed by atoms with Crippen LogP contribution in [0.1, 0.15) is 27.2 Å². The minimum atomic E-state index is -0.896. The highest BCUT2D eigenvalue weighted by Gasteiger charge is 2.32. The quantitative estimate of drug-likeness (QED) is 0.838. The monoisotopic (exact) mass is 386 g/mol. The zero-order valence-electron chi connectivity index (χ0n) is 16.4. The molecule has 1 aliphatic heterocycles. The summed E-state index contributed by atoms with van der Waals surface area (Å²) in [5.74, 6) is 0.979. The number of pyridine rings is 2. The van der Waals surface area contributed by atoms with Crippen LogP contribution in [0.15, 0.2) is 41.5 Å². The van der Waals surface area contributed by atoms with Gasteiger partial charge in [-0.15, -0.1) is 0 Å². The highest BCUT2D eigenvalue weighted by molar-refractivity contribution is 5.66. The Kier molecular flexibility index (Phi) is 5.31. The van der Waals surface area contributed by atoms with Crippen molar-refractivity contribution in [3.8, 4) is 11.4 Å². The number of aromatic hydroxyl groups is 1. The van der Waals surface area contributed by atoms with Crippen LogP contribution < -0.4 is 10.5 Å². The molecule has 0 bridgehead atoms. The third-order valence-electron chi connectivity index (χ3n) is 5.00. The van der Waals surface area contributed by atoms with Gasteiger partial charge in [0.25, 0.3) is 5.56 Å². The van der Waals surface area contributed by atoms with Crippen LogP contribution in [0.4, 0.5) is 10.6 Å². The van der Waals surface area contributed by atoms with Gasteiger partial charge in [0, 0.05) is 37.4 Å². The maximum Gasteiger partial charge on any atom is 0.407 e. The predicted octanol–water partition coefficient (Wildman–Crippen LogP) is 2.54. The van der Waals surface area contributed by atoms with Crippen molar-refractivity contribution in [3.05, 3.63) is 47.0 Å². The molecule has 1 saturated heterocycles. The molecule has 0 aromatic carbocycles. The van der Waals surface area contributed by atoms with Crippen LogP contribution in [0.25, 0.3) is 5.69 Å². The molecule has 2 aromatic heterocycles. The van der Waals surface area contributed by atoms with Crippen molar-refractivity contribution < 1.29 is 15.0 Å². The van der Waals surface area contributed by atoms with Crippen LogP contribution in [0.5, 0.6) is 5.75 Å². The standard InChI is InChI=1S/C20H26N4O4/c1-20(2,3)24(19(27)28)13-14-6-8-22(12-14)17-5-4-15(11-21-17)23-9-7-16(25)10-18(23)26/h4-5,7,9-11,14,25H,6,8,12-13H2,1-3H3,(H,27,28)/t14-/m0/s1. The first-order valence-electron chi connectivity index (χ1n) is 9.29. The minimum Gasteiger partial charge on any atom is -0.508 e. The summed E-state index contributed by atoms with van der Waals surface area (Å²) >= 11 is 0. The van der Waals surface area contributed by atoms with E-state index in [9.17, 15) is 19.8 Å². The maximum atomic E-state index is 12.0. The largest absolute Gasteiger partial charge is 0.508 e. The molecule has 3 rings (SSSR count). The van der Waals surface area contributed by atoms with Crippen molar-refractivity contribution in [3.63, 3.8) is 0 Å². The first kappa shape index (κ1) is 19.7. The summed E-state index contributed by atoms with van der Waals surface area (Å²) in [5.41, 5.74) is -0.141. The van der Waals surface area contributed by atoms with Crippen LogP contribution >= 0.6 is 0 Å². The summed E-state index contributed by atoms with van der Waals surface area (Å²) in [6, 6.07) is 6.27. The minimum absolute atomic E-state index is 0.0698. The van der Waals surface area contributed by atoms with Crippen molar-refractivity contribution in [2.45, 2.75) is 32.7 Å². The van der Waals surface area contributed by atoms with E-state index < -0.39 is 11.6 Å². The van der Waals surface area contributed by atoms with E-state index in [1.807, 2.05) is 32.9 Å². The van der Waals surface area contributed by atoms with E-state index in [-0.39, 0.29) is 17.2 Å². The second kappa shape index (κ2) is 7.53. The molecule has 8 nitrogen and oxygen atoms in total. The Morgan fingerprint density at radius 3 is 2.64 bits per heavy atom. The first-order chi connectivity index (χ1) is 13.1. The summed E-state index contributed by atoms with van der Waals surface area (Å²) in [7, 11) is 0. The number of hydrogen-bond donors (Lipinski definition) is 2. The van der Waals surface area contributed by atoms with Gasteiger partial charge in [-0.05, 0) is 51.3 Å². The van der Waals surface area contributed by atoms with E-state index in [4.69, 9.17) is 0 Å². The van der Waals surface area contributed by atoms with Crippen LogP contribution in [-0.4, -0.2) is 55.9 Å². The van der Waals surface area contributed by atoms with Gasteiger partial charge < -0.3 is 20.0 Å². The fourth-order valence-corrected chi connectivity index (χ4v) is 3.48. The lowest BCUT2D eigenvalue weighted by atomic mass is 10.0. The van der Waals surface area contributed by atoms with Gasteiger partial charge in [0.1, 0.15) is 11.6 Å². The molecule has 0 spiro atoms. The predicted molar refractivity (Wildman–Crippen MR) is 106 cm³/mol. The molecule has 150 valence electrons. The third-order valence-corrected chi connectivity index (χ3v) is 5.00. The van der Waals surface area contributed by atoms with Crippen molar-refractivity contribution in [1.82, 2.24) is 14.5 Å². The molecule has 2 N–H and O–H groups in total. The second-order valence-electron chi connectivity index (χ2n) is 8.13. The van der Waals surface area contributed by atoms with Gasteiger partial charge in [-0.25, -0.2) is 9.78 Å². The van der Waals surface area contributed by atoms with Gasteiger partial charge >= 0.3 is 6.09 Å². The van der Waals surface area contributed by atoms with E-state index >= 15 is 0 Å². The van der Waals surface area contributed by atoms with Gasteiger partial charge in [0.15, 0.2) is 0 Å². The van der Waals surface area contributed by atoms with Crippen molar-refractivity contribution in [2.24, 2.45) is 5.92 Å². The third kappa shape index (κ3) is 4.27. The number of rotatable bonds is 4. The molecule has 1 aliphatic rings. The number of carboxylic acid groups (broad SMARTS) is 1. The topological polar surface area (TPSA) is 98.9 Å². The molecule has 0 radical (unpaired) electrons. The average Bonchev–Trinajstić information content (AvgIpc) is 3.07. The van der Waals surface area contributed by atoms with Crippen LogP contribution in [-0.2, 0) is 0 Å². The van der Waals surface area contributed by atoms with Gasteiger partial charge in [-0.2, -0.15) is 0 Å². The Labute approximate surface area is 163 Å². The summed E-state index contributed by atoms with van der Waals surface area (Å²) in [6.07, 6.45) is 3.14. The number of aromatic nitrogens is 2. The van der Waals surface area contributed by atoms with Gasteiger partial charge in [-0.3, -0.25) is 9.36 Å². The number of hydrogen-bond acceptors (Lipinski definition) is 5. The van der Waals surface area contributed by atoms with Crippen molar-refractivity contribution >= 4 is 11.9 Å². The average molecular weight is 386 g/mol. The van der Waals surface area contributed by atoms with Crippen molar-refractivity contribution in [2.75, 3.05) is 24.5 Å². The number of amides is 1. The van der Waals surface area contributed by atoms with E-state index in [1.54, 1.807) is 6.20 Å². The summed E-state index contributed by atoms with van der Waals surface area (Å²) in [4.78, 5) is 31.6. The zero-order valence-corrected chi connectivity index (χ0v) is 16.4. The molecule has 8 heteroatoms. The molecule has 0 aliphatic carbocycles. The Morgan fingerprint density at radius 2 is 2.07 bits per heavy atom. The lowest BCUT2D eigenvalue weighted by Crippen LogP contribution is -2.47. The summed E-state index contributed by atoms with van der Waals surface area (Å²) < 4.78 is 1.41. The zero-order chi connectivity index (χ0) is 20.5. The van der Waals surface area contributed by atoms with Crippen LogP contribution in [0, 0.1) is 5.92 Å². The van der Waals surface area contributed by atoms with Crippen LogP contribution in [0.2, 0.25) is 0 Å². The smallest absolute Gasteiger partial charge is 0.407 e. The van der Waals surface area contributed by atoms with Gasteiger partial charge in [0.2, 0.25) is 0 Å². The van der Waals surface area contributed by atoms with E-state index in [2.05, 4.69) is 9.88 Å². The van der Waals surface area contributed by atoms with Gasteiger partial charge in [0.05, 0.1) is 11.9 Å². The number of carbonyl (C=O) groups is 1. The Morgan fingerprint density at radius 1 is 1.32 bits per heavy atom. The Balaban J connectivity index is 1.69. The molecule has 1 atom stereocenters. The summed E-state index contributed by atoms with van der Waals surface area (Å²) in [5, 5.41) is 18.9. The van der Waals surface area contributed by atoms with E-state index in [0.29, 0.717) is 12.2 Å². The Hall–Kier alpha value is -3.03. The fraction of sp³-hybridized carbons (Fsp3) is 0.450. The maximum absolute atomic E-state index is 12.0. The molecule has 1 fully saturated rings. The Bertz CT molecular complexity index is 902. The highest BCUT2D eigenvalue weighted by atomic mass is 16.4. The van der Waals surface area contributed by atoms with E-state index in [0.717, 1.165) is 31.4 Å². The molecule has 3 heterocycles. The molecular weight excluding hydrogens is 360 g/mol. The lowest BCUT2D eigenvalue weighted by molar-refractivity contribution is 0.0908. The molecule has 28 heavy (non-hydrogen) atoms. The van der Waals surface area contributed by atoms with E-state index in [1.165, 1.54) is 21.7 Å². The molecule has 0 saturated carbocycles. The van der Waals surface area contributed by atoms with Gasteiger partial charge in [-0.1, -0.05) is 0 Å². The number of nitrogens with zero attached hydrogens (tertiary/aromatic N) is 4. The first-order valence-corrected chi connectivity index (χ1v) is 9.29. The van der Waals surface area contributed by atoms with Crippen LogP contribution in [0.3, 0.4) is 0 Å². The number of anilines is 1. The second-order valence-corrected chi connectivity index (χ2v) is 8.13. The van der Waals surface area contributed by atoms with Crippen molar-refractivity contribution in [1.29, 1.82) is 0 Å². The molecular formula is C20H26N4O4. The fourth-order valence-electron chi connectivity index (χ4n) is 3.48. The molecule has 0 unspecified atom stereocenters.